The van der Waals surface area contributed by atoms with Crippen LogP contribution >= 0.6 is 0 Å². The Labute approximate surface area is 214 Å². The molecule has 0 aliphatic rings. The van der Waals surface area contributed by atoms with Crippen molar-refractivity contribution in [1.29, 1.82) is 0 Å². The van der Waals surface area contributed by atoms with Crippen molar-refractivity contribution < 1.29 is 5.11 Å². The molecule has 1 heteroatoms. The molecule has 188 valence electrons. The summed E-state index contributed by atoms with van der Waals surface area (Å²) in [6.07, 6.45) is 0. The Balaban J connectivity index is 2.27. The van der Waals surface area contributed by atoms with E-state index in [0.29, 0.717) is 5.75 Å². The van der Waals surface area contributed by atoms with Crippen molar-refractivity contribution in [3.63, 3.8) is 0 Å². The van der Waals surface area contributed by atoms with Gasteiger partial charge < -0.3 is 5.11 Å². The SMILES string of the molecule is CC(C)(C)c1cc(-c2cc(O)cc(-c3cc(C(C)(C)C)cc(C(C)(C)C)c3)c2)cc(C(C)(C)C)c1. The molecule has 0 aliphatic heterocycles. The predicted molar refractivity (Wildman–Crippen MR) is 154 cm³/mol. The number of aromatic hydroxyl groups is 1. The molecule has 3 aromatic carbocycles. The van der Waals surface area contributed by atoms with E-state index < -0.39 is 0 Å². The Hall–Kier alpha value is -2.54. The zero-order valence-corrected chi connectivity index (χ0v) is 24.1. The predicted octanol–water partition coefficient (Wildman–Crippen LogP) is 9.92. The Morgan fingerprint density at radius 1 is 0.343 bits per heavy atom. The third-order valence-corrected chi connectivity index (χ3v) is 6.91. The third kappa shape index (κ3) is 6.37. The molecule has 0 saturated carbocycles. The lowest BCUT2D eigenvalue weighted by molar-refractivity contribution is 0.476. The van der Waals surface area contributed by atoms with Crippen LogP contribution in [-0.2, 0) is 21.7 Å². The molecule has 0 unspecified atom stereocenters. The van der Waals surface area contributed by atoms with E-state index in [-0.39, 0.29) is 21.7 Å². The fraction of sp³-hybridized carbons (Fsp3) is 0.471. The molecule has 0 radical (unpaired) electrons. The topological polar surface area (TPSA) is 20.2 Å². The van der Waals surface area contributed by atoms with Gasteiger partial charge in [0.15, 0.2) is 0 Å². The molecule has 0 bridgehead atoms. The van der Waals surface area contributed by atoms with E-state index in [4.69, 9.17) is 0 Å². The standard InChI is InChI=1S/C34H46O/c1-31(2,3)26-14-24(15-27(20-26)32(4,5)6)22-13-23(19-30(35)18-22)25-16-28(33(7,8)9)21-29(17-25)34(10,11)12/h13-21,35H,1-12H3. The van der Waals surface area contributed by atoms with Crippen LogP contribution in [0.5, 0.6) is 5.75 Å². The first-order valence-electron chi connectivity index (χ1n) is 12.9. The molecule has 0 atom stereocenters. The zero-order chi connectivity index (χ0) is 26.6. The summed E-state index contributed by atoms with van der Waals surface area (Å²) >= 11 is 0. The van der Waals surface area contributed by atoms with E-state index >= 15 is 0 Å². The van der Waals surface area contributed by atoms with E-state index in [1.165, 1.54) is 22.3 Å². The molecule has 0 spiro atoms. The first-order chi connectivity index (χ1) is 15.7. The van der Waals surface area contributed by atoms with Gasteiger partial charge in [-0.3, -0.25) is 0 Å². The van der Waals surface area contributed by atoms with Crippen LogP contribution in [0.15, 0.2) is 54.6 Å². The van der Waals surface area contributed by atoms with Gasteiger partial charge in [-0.25, -0.2) is 0 Å². The van der Waals surface area contributed by atoms with Crippen LogP contribution in [0.2, 0.25) is 0 Å². The number of hydrogen-bond acceptors (Lipinski definition) is 1. The summed E-state index contributed by atoms with van der Waals surface area (Å²) in [6.45, 7) is 27.1. The van der Waals surface area contributed by atoms with Crippen molar-refractivity contribution in [1.82, 2.24) is 0 Å². The highest BCUT2D eigenvalue weighted by Crippen LogP contribution is 2.39. The minimum Gasteiger partial charge on any atom is -0.508 e. The van der Waals surface area contributed by atoms with E-state index in [2.05, 4.69) is 126 Å². The average molecular weight is 471 g/mol. The monoisotopic (exact) mass is 470 g/mol. The third-order valence-electron chi connectivity index (χ3n) is 6.91. The van der Waals surface area contributed by atoms with Crippen LogP contribution in [0.4, 0.5) is 0 Å². The number of phenols is 1. The average Bonchev–Trinajstić information content (AvgIpc) is 2.70. The Bertz CT molecular complexity index is 1060. The van der Waals surface area contributed by atoms with Gasteiger partial charge in [-0.2, -0.15) is 0 Å². The van der Waals surface area contributed by atoms with Crippen LogP contribution in [0.25, 0.3) is 22.3 Å². The lowest BCUT2D eigenvalue weighted by atomic mass is 9.78. The highest BCUT2D eigenvalue weighted by molar-refractivity contribution is 5.77. The van der Waals surface area contributed by atoms with Crippen molar-refractivity contribution in [2.75, 3.05) is 0 Å². The molecule has 1 N–H and O–H groups in total. The Morgan fingerprint density at radius 3 is 0.800 bits per heavy atom. The van der Waals surface area contributed by atoms with Gasteiger partial charge in [0, 0.05) is 0 Å². The second kappa shape index (κ2) is 8.84. The Morgan fingerprint density at radius 2 is 0.571 bits per heavy atom. The number of hydrogen-bond donors (Lipinski definition) is 1. The molecule has 3 rings (SSSR count). The molecule has 0 aliphatic carbocycles. The largest absolute Gasteiger partial charge is 0.508 e. The quantitative estimate of drug-likeness (QED) is 0.395. The number of phenolic OH excluding ortho intramolecular Hbond substituents is 1. The first kappa shape index (κ1) is 27.1. The van der Waals surface area contributed by atoms with Gasteiger partial charge in [-0.15, -0.1) is 0 Å². The molecular formula is C34H46O. The van der Waals surface area contributed by atoms with Crippen molar-refractivity contribution in [2.45, 2.75) is 105 Å². The maximum Gasteiger partial charge on any atom is 0.116 e. The van der Waals surface area contributed by atoms with Crippen molar-refractivity contribution >= 4 is 0 Å². The van der Waals surface area contributed by atoms with Crippen LogP contribution in [0.1, 0.15) is 105 Å². The highest BCUT2D eigenvalue weighted by Gasteiger charge is 2.23. The minimum absolute atomic E-state index is 0.0400. The number of rotatable bonds is 2. The lowest BCUT2D eigenvalue weighted by Gasteiger charge is -2.27. The Kier molecular flexibility index (Phi) is 6.83. The normalized spacial score (nSPS) is 13.3. The number of benzene rings is 3. The van der Waals surface area contributed by atoms with E-state index in [9.17, 15) is 5.11 Å². The van der Waals surface area contributed by atoms with Crippen LogP contribution in [0, 0.1) is 0 Å². The molecule has 3 aromatic rings. The van der Waals surface area contributed by atoms with Crippen molar-refractivity contribution in [3.8, 4) is 28.0 Å². The molecule has 1 nitrogen and oxygen atoms in total. The van der Waals surface area contributed by atoms with Crippen LogP contribution in [0.3, 0.4) is 0 Å². The second-order valence-electron chi connectivity index (χ2n) is 14.4. The molecule has 0 fully saturated rings. The first-order valence-corrected chi connectivity index (χ1v) is 12.9. The highest BCUT2D eigenvalue weighted by atomic mass is 16.3. The van der Waals surface area contributed by atoms with Crippen molar-refractivity contribution in [3.05, 3.63) is 76.9 Å². The van der Waals surface area contributed by atoms with Gasteiger partial charge >= 0.3 is 0 Å². The molecule has 35 heavy (non-hydrogen) atoms. The minimum atomic E-state index is 0.0400. The van der Waals surface area contributed by atoms with Gasteiger partial charge in [0.2, 0.25) is 0 Å². The summed E-state index contributed by atoms with van der Waals surface area (Å²) in [5.74, 6) is 0.300. The fourth-order valence-corrected chi connectivity index (χ4v) is 4.27. The van der Waals surface area contributed by atoms with E-state index in [1.807, 2.05) is 12.1 Å². The summed E-state index contributed by atoms with van der Waals surface area (Å²) in [5, 5.41) is 10.8. The summed E-state index contributed by atoms with van der Waals surface area (Å²) < 4.78 is 0. The van der Waals surface area contributed by atoms with Gasteiger partial charge in [0.1, 0.15) is 5.75 Å². The summed E-state index contributed by atoms with van der Waals surface area (Å²) in [4.78, 5) is 0. The maximum absolute atomic E-state index is 10.8. The van der Waals surface area contributed by atoms with Crippen LogP contribution in [-0.4, -0.2) is 5.11 Å². The smallest absolute Gasteiger partial charge is 0.116 e. The van der Waals surface area contributed by atoms with Gasteiger partial charge in [-0.05, 0) is 84.4 Å². The van der Waals surface area contributed by atoms with Crippen LogP contribution < -0.4 is 0 Å². The molecule has 0 aromatic heterocycles. The van der Waals surface area contributed by atoms with Gasteiger partial charge in [0.25, 0.3) is 0 Å². The molecule has 0 heterocycles. The zero-order valence-electron chi connectivity index (χ0n) is 24.1. The summed E-state index contributed by atoms with van der Waals surface area (Å²) in [6, 6.07) is 19.9. The van der Waals surface area contributed by atoms with Crippen molar-refractivity contribution in [2.24, 2.45) is 0 Å². The fourth-order valence-electron chi connectivity index (χ4n) is 4.27. The summed E-state index contributed by atoms with van der Waals surface area (Å²) in [5.41, 5.74) is 9.83. The van der Waals surface area contributed by atoms with Gasteiger partial charge in [-0.1, -0.05) is 119 Å². The lowest BCUT2D eigenvalue weighted by Crippen LogP contribution is -2.16. The van der Waals surface area contributed by atoms with Gasteiger partial charge in [0.05, 0.1) is 0 Å². The summed E-state index contributed by atoms with van der Waals surface area (Å²) in [7, 11) is 0. The maximum atomic E-state index is 10.8. The van der Waals surface area contributed by atoms with E-state index in [1.54, 1.807) is 0 Å². The molecule has 0 amide bonds. The molecular weight excluding hydrogens is 424 g/mol. The van der Waals surface area contributed by atoms with E-state index in [0.717, 1.165) is 22.3 Å². The second-order valence-corrected chi connectivity index (χ2v) is 14.4. The molecule has 0 saturated heterocycles.